The number of nitrogens with zero attached hydrogens (tertiary/aromatic N) is 1. The van der Waals surface area contributed by atoms with Crippen LogP contribution in [0.25, 0.3) is 11.1 Å². The van der Waals surface area contributed by atoms with E-state index in [1.54, 1.807) is 30.5 Å². The van der Waals surface area contributed by atoms with Crippen LogP contribution in [-0.2, 0) is 11.2 Å². The van der Waals surface area contributed by atoms with Gasteiger partial charge in [0, 0.05) is 23.6 Å². The fourth-order valence-corrected chi connectivity index (χ4v) is 1.98. The standard InChI is InChI=1S/C12H10N4O2S/c17-11(6-8-3-4-13-16-8)14-7-1-2-9-10(5-7)18-12(19)15-9/h1-5H,6H2,(H,13,16)(H,14,17)(H,15,19). The molecule has 0 aliphatic heterocycles. The zero-order valence-corrected chi connectivity index (χ0v) is 10.6. The Morgan fingerprint density at radius 1 is 1.42 bits per heavy atom. The number of oxazole rings is 1. The van der Waals surface area contributed by atoms with Crippen molar-refractivity contribution < 1.29 is 9.21 Å². The molecule has 1 amide bonds. The van der Waals surface area contributed by atoms with Crippen LogP contribution in [0, 0.1) is 4.84 Å². The minimum Gasteiger partial charge on any atom is -0.429 e. The number of anilines is 1. The monoisotopic (exact) mass is 274 g/mol. The largest absolute Gasteiger partial charge is 0.429 e. The molecule has 0 spiro atoms. The quantitative estimate of drug-likeness (QED) is 0.640. The molecule has 0 unspecified atom stereocenters. The number of fused-ring (bicyclic) bond motifs is 1. The number of benzene rings is 1. The van der Waals surface area contributed by atoms with Gasteiger partial charge in [-0.3, -0.25) is 9.89 Å². The van der Waals surface area contributed by atoms with E-state index in [9.17, 15) is 4.79 Å². The number of aromatic amines is 2. The molecule has 2 aromatic heterocycles. The van der Waals surface area contributed by atoms with Gasteiger partial charge in [-0.25, -0.2) is 0 Å². The molecule has 6 nitrogen and oxygen atoms in total. The highest BCUT2D eigenvalue weighted by Gasteiger charge is 2.06. The van der Waals surface area contributed by atoms with E-state index in [0.717, 1.165) is 11.2 Å². The van der Waals surface area contributed by atoms with Crippen LogP contribution in [0.1, 0.15) is 5.69 Å². The Morgan fingerprint density at radius 2 is 2.32 bits per heavy atom. The van der Waals surface area contributed by atoms with Crippen molar-refractivity contribution in [3.05, 3.63) is 41.0 Å². The maximum atomic E-state index is 11.8. The summed E-state index contributed by atoms with van der Waals surface area (Å²) in [6.45, 7) is 0. The SMILES string of the molecule is O=C(Cc1ccn[nH]1)Nc1ccc2[nH]c(=S)oc2c1. The van der Waals surface area contributed by atoms with Gasteiger partial charge in [0.2, 0.25) is 5.91 Å². The Balaban J connectivity index is 1.77. The van der Waals surface area contributed by atoms with Crippen molar-refractivity contribution in [3.8, 4) is 0 Å². The van der Waals surface area contributed by atoms with Crippen LogP contribution < -0.4 is 5.32 Å². The molecule has 3 rings (SSSR count). The lowest BCUT2D eigenvalue weighted by molar-refractivity contribution is -0.115. The minimum absolute atomic E-state index is 0.127. The van der Waals surface area contributed by atoms with Gasteiger partial charge < -0.3 is 14.7 Å². The molecule has 3 N–H and O–H groups in total. The lowest BCUT2D eigenvalue weighted by atomic mass is 10.2. The number of hydrogen-bond acceptors (Lipinski definition) is 4. The van der Waals surface area contributed by atoms with Crippen molar-refractivity contribution in [2.45, 2.75) is 6.42 Å². The number of carbonyl (C=O) groups excluding carboxylic acids is 1. The zero-order valence-electron chi connectivity index (χ0n) is 9.77. The molecule has 0 aliphatic rings. The summed E-state index contributed by atoms with van der Waals surface area (Å²) in [5.74, 6) is -0.127. The molecule has 0 atom stereocenters. The summed E-state index contributed by atoms with van der Waals surface area (Å²) in [6, 6.07) is 7.08. The Morgan fingerprint density at radius 3 is 3.11 bits per heavy atom. The van der Waals surface area contributed by atoms with Crippen molar-refractivity contribution in [2.24, 2.45) is 0 Å². The van der Waals surface area contributed by atoms with Gasteiger partial charge >= 0.3 is 0 Å². The number of carbonyl (C=O) groups is 1. The van der Waals surface area contributed by atoms with Gasteiger partial charge in [-0.15, -0.1) is 0 Å². The molecule has 0 bridgehead atoms. The third kappa shape index (κ3) is 2.55. The first kappa shape index (κ1) is 11.7. The van der Waals surface area contributed by atoms with Gasteiger partial charge in [-0.2, -0.15) is 5.10 Å². The van der Waals surface area contributed by atoms with Gasteiger partial charge in [0.1, 0.15) is 0 Å². The van der Waals surface area contributed by atoms with Crippen LogP contribution in [0.5, 0.6) is 0 Å². The van der Waals surface area contributed by atoms with E-state index in [1.807, 2.05) is 0 Å². The maximum Gasteiger partial charge on any atom is 0.266 e. The molecule has 3 aromatic rings. The van der Waals surface area contributed by atoms with Gasteiger partial charge in [-0.1, -0.05) is 0 Å². The number of nitrogens with one attached hydrogen (secondary N) is 3. The van der Waals surface area contributed by atoms with Crippen molar-refractivity contribution in [2.75, 3.05) is 5.32 Å². The normalized spacial score (nSPS) is 10.7. The molecule has 0 saturated carbocycles. The van der Waals surface area contributed by atoms with Crippen molar-refractivity contribution in [1.29, 1.82) is 0 Å². The maximum absolute atomic E-state index is 11.8. The molecule has 0 aliphatic carbocycles. The highest BCUT2D eigenvalue weighted by atomic mass is 32.1. The average Bonchev–Trinajstić information content (AvgIpc) is 2.96. The van der Waals surface area contributed by atoms with E-state index in [4.69, 9.17) is 16.6 Å². The molecular formula is C12H10N4O2S. The molecule has 0 radical (unpaired) electrons. The van der Waals surface area contributed by atoms with Crippen molar-refractivity contribution in [3.63, 3.8) is 0 Å². The topological polar surface area (TPSA) is 86.7 Å². The summed E-state index contributed by atoms with van der Waals surface area (Å²) in [4.78, 5) is 15.0. The Kier molecular flexibility index (Phi) is 2.88. The molecule has 7 heteroatoms. The molecule has 1 aromatic carbocycles. The van der Waals surface area contributed by atoms with Crippen LogP contribution in [0.2, 0.25) is 0 Å². The molecule has 0 fully saturated rings. The lowest BCUT2D eigenvalue weighted by Gasteiger charge is -2.03. The number of hydrogen-bond donors (Lipinski definition) is 3. The fourth-order valence-electron chi connectivity index (χ4n) is 1.78. The van der Waals surface area contributed by atoms with Crippen molar-refractivity contribution in [1.82, 2.24) is 15.2 Å². The van der Waals surface area contributed by atoms with Crippen LogP contribution in [-0.4, -0.2) is 21.1 Å². The highest BCUT2D eigenvalue weighted by Crippen LogP contribution is 2.18. The zero-order chi connectivity index (χ0) is 13.2. The number of H-pyrrole nitrogens is 2. The van der Waals surface area contributed by atoms with E-state index >= 15 is 0 Å². The van der Waals surface area contributed by atoms with E-state index in [2.05, 4.69) is 20.5 Å². The summed E-state index contributed by atoms with van der Waals surface area (Å²) < 4.78 is 5.29. The molecular weight excluding hydrogens is 264 g/mol. The van der Waals surface area contributed by atoms with E-state index in [0.29, 0.717) is 16.1 Å². The van der Waals surface area contributed by atoms with Crippen LogP contribution in [0.15, 0.2) is 34.9 Å². The second kappa shape index (κ2) is 4.69. The minimum atomic E-state index is -0.127. The average molecular weight is 274 g/mol. The smallest absolute Gasteiger partial charge is 0.266 e. The van der Waals surface area contributed by atoms with Gasteiger partial charge in [0.05, 0.1) is 11.9 Å². The third-order valence-electron chi connectivity index (χ3n) is 2.61. The fraction of sp³-hybridized carbons (Fsp3) is 0.0833. The van der Waals surface area contributed by atoms with E-state index in [1.165, 1.54) is 0 Å². The number of rotatable bonds is 3. The van der Waals surface area contributed by atoms with Crippen molar-refractivity contribution >= 4 is 34.9 Å². The predicted molar refractivity (Wildman–Crippen MR) is 72.3 cm³/mol. The molecule has 2 heterocycles. The van der Waals surface area contributed by atoms with E-state index < -0.39 is 0 Å². The van der Waals surface area contributed by atoms with Gasteiger partial charge in [0.15, 0.2) is 5.58 Å². The number of aromatic nitrogens is 3. The molecule has 19 heavy (non-hydrogen) atoms. The van der Waals surface area contributed by atoms with Crippen LogP contribution in [0.4, 0.5) is 5.69 Å². The second-order valence-corrected chi connectivity index (χ2v) is 4.40. The Bertz CT molecular complexity index is 772. The van der Waals surface area contributed by atoms with Gasteiger partial charge in [-0.05, 0) is 30.4 Å². The first-order chi connectivity index (χ1) is 9.20. The van der Waals surface area contributed by atoms with Crippen LogP contribution in [0.3, 0.4) is 0 Å². The highest BCUT2D eigenvalue weighted by molar-refractivity contribution is 7.71. The second-order valence-electron chi connectivity index (χ2n) is 4.03. The summed E-state index contributed by atoms with van der Waals surface area (Å²) in [7, 11) is 0. The third-order valence-corrected chi connectivity index (χ3v) is 2.80. The summed E-state index contributed by atoms with van der Waals surface area (Å²) in [5, 5.41) is 9.32. The molecule has 0 saturated heterocycles. The predicted octanol–water partition coefficient (Wildman–Crippen LogP) is 2.39. The first-order valence-electron chi connectivity index (χ1n) is 5.62. The van der Waals surface area contributed by atoms with E-state index in [-0.39, 0.29) is 12.3 Å². The van der Waals surface area contributed by atoms with Gasteiger partial charge in [0.25, 0.3) is 4.84 Å². The summed E-state index contributed by atoms with van der Waals surface area (Å²) in [6.07, 6.45) is 1.85. The van der Waals surface area contributed by atoms with Crippen LogP contribution >= 0.6 is 12.2 Å². The Labute approximate surface area is 112 Å². The molecule has 96 valence electrons. The Hall–Kier alpha value is -2.41. The lowest BCUT2D eigenvalue weighted by Crippen LogP contribution is -2.14. The summed E-state index contributed by atoms with van der Waals surface area (Å²) >= 11 is 4.90. The number of amides is 1. The summed E-state index contributed by atoms with van der Waals surface area (Å²) in [5.41, 5.74) is 2.84. The first-order valence-corrected chi connectivity index (χ1v) is 6.02.